The van der Waals surface area contributed by atoms with Gasteiger partial charge in [0.2, 0.25) is 0 Å². The fraction of sp³-hybridized carbons (Fsp3) is 0.778. The van der Waals surface area contributed by atoms with Crippen LogP contribution in [0.3, 0.4) is 0 Å². The van der Waals surface area contributed by atoms with Crippen LogP contribution in [0.1, 0.15) is 55.3 Å². The fourth-order valence-electron chi connectivity index (χ4n) is 4.05. The quantitative estimate of drug-likeness (QED) is 0.732. The van der Waals surface area contributed by atoms with E-state index in [1.807, 2.05) is 13.8 Å². The molecule has 3 aliphatic rings. The zero-order chi connectivity index (χ0) is 19.9. The summed E-state index contributed by atoms with van der Waals surface area (Å²) in [5, 5.41) is 10.1. The Hall–Kier alpha value is -1.49. The molecule has 4 rings (SSSR count). The summed E-state index contributed by atoms with van der Waals surface area (Å²) in [6.07, 6.45) is 2.75. The van der Waals surface area contributed by atoms with E-state index < -0.39 is 10.2 Å². The Labute approximate surface area is 166 Å². The molecular weight excluding hydrogens is 382 g/mol. The number of carbonyl (C=O) groups excluding carboxylic acids is 1. The van der Waals surface area contributed by atoms with Gasteiger partial charge in [0.15, 0.2) is 5.69 Å². The normalized spacial score (nSPS) is 30.3. The maximum atomic E-state index is 13.0. The number of piperidine rings is 1. The van der Waals surface area contributed by atoms with Crippen LogP contribution in [0.15, 0.2) is 10.6 Å². The third-order valence-corrected chi connectivity index (χ3v) is 8.12. The monoisotopic (exact) mass is 411 g/mol. The van der Waals surface area contributed by atoms with Gasteiger partial charge in [-0.15, -0.1) is 0 Å². The lowest BCUT2D eigenvalue weighted by Gasteiger charge is -2.43. The summed E-state index contributed by atoms with van der Waals surface area (Å²) in [5.74, 6) is 0.945. The minimum Gasteiger partial charge on any atom is -0.360 e. The summed E-state index contributed by atoms with van der Waals surface area (Å²) in [6.45, 7) is 6.63. The van der Waals surface area contributed by atoms with Gasteiger partial charge < -0.3 is 15.2 Å². The second-order valence-electron chi connectivity index (χ2n) is 8.26. The van der Waals surface area contributed by atoms with Gasteiger partial charge in [-0.05, 0) is 32.1 Å². The maximum absolute atomic E-state index is 13.0. The Morgan fingerprint density at radius 3 is 2.68 bits per heavy atom. The molecule has 0 spiro atoms. The standard InChI is InChI=1S/C18H29N5O4S/c1-12-11-23(28(25,26)22-7-5-19-6-8-22)13(2)9-15(12)20-18(24)16-10-17(27-21-16)14-3-4-14/h10,12-15,19H,3-9,11H2,1-2H3,(H,20,24)/t12-,13-,15+/m1/s1. The van der Waals surface area contributed by atoms with E-state index in [1.54, 1.807) is 14.7 Å². The molecule has 0 radical (unpaired) electrons. The van der Waals surface area contributed by atoms with Crippen molar-refractivity contribution in [3.63, 3.8) is 0 Å². The highest BCUT2D eigenvalue weighted by atomic mass is 32.2. The number of hydrogen-bond acceptors (Lipinski definition) is 6. The molecule has 10 heteroatoms. The van der Waals surface area contributed by atoms with Crippen LogP contribution in [0.4, 0.5) is 0 Å². The minimum atomic E-state index is -3.48. The van der Waals surface area contributed by atoms with Crippen molar-refractivity contribution in [2.45, 2.75) is 51.1 Å². The first-order chi connectivity index (χ1) is 13.4. The smallest absolute Gasteiger partial charge is 0.282 e. The largest absolute Gasteiger partial charge is 0.360 e. The lowest BCUT2D eigenvalue weighted by molar-refractivity contribution is 0.0866. The molecule has 2 saturated heterocycles. The molecule has 1 aromatic heterocycles. The highest BCUT2D eigenvalue weighted by molar-refractivity contribution is 7.86. The van der Waals surface area contributed by atoms with Crippen LogP contribution in [0.2, 0.25) is 0 Å². The predicted molar refractivity (Wildman–Crippen MR) is 103 cm³/mol. The van der Waals surface area contributed by atoms with Gasteiger partial charge in [-0.3, -0.25) is 4.79 Å². The number of carbonyl (C=O) groups is 1. The van der Waals surface area contributed by atoms with Crippen molar-refractivity contribution in [3.8, 4) is 0 Å². The summed E-state index contributed by atoms with van der Waals surface area (Å²) < 4.78 is 34.5. The van der Waals surface area contributed by atoms with Crippen molar-refractivity contribution < 1.29 is 17.7 Å². The van der Waals surface area contributed by atoms with E-state index in [4.69, 9.17) is 4.52 Å². The molecule has 28 heavy (non-hydrogen) atoms. The topological polar surface area (TPSA) is 108 Å². The van der Waals surface area contributed by atoms with E-state index in [1.165, 1.54) is 0 Å². The van der Waals surface area contributed by atoms with Crippen molar-refractivity contribution in [3.05, 3.63) is 17.5 Å². The number of nitrogens with one attached hydrogen (secondary N) is 2. The first-order valence-electron chi connectivity index (χ1n) is 10.1. The van der Waals surface area contributed by atoms with Gasteiger partial charge >= 0.3 is 0 Å². The molecule has 0 unspecified atom stereocenters. The lowest BCUT2D eigenvalue weighted by Crippen LogP contribution is -2.59. The molecule has 3 fully saturated rings. The first-order valence-corrected chi connectivity index (χ1v) is 11.5. The van der Waals surface area contributed by atoms with Gasteiger partial charge in [0, 0.05) is 56.8 Å². The number of hydrogen-bond donors (Lipinski definition) is 2. The highest BCUT2D eigenvalue weighted by Crippen LogP contribution is 2.40. The van der Waals surface area contributed by atoms with Crippen LogP contribution >= 0.6 is 0 Å². The van der Waals surface area contributed by atoms with Crippen LogP contribution in [-0.4, -0.2) is 72.9 Å². The van der Waals surface area contributed by atoms with Crippen LogP contribution in [0.5, 0.6) is 0 Å². The van der Waals surface area contributed by atoms with Crippen molar-refractivity contribution >= 4 is 16.1 Å². The molecular formula is C18H29N5O4S. The zero-order valence-electron chi connectivity index (χ0n) is 16.4. The van der Waals surface area contributed by atoms with Gasteiger partial charge in [-0.25, -0.2) is 0 Å². The minimum absolute atomic E-state index is 0.00708. The first kappa shape index (κ1) is 19.8. The Morgan fingerprint density at radius 2 is 2.00 bits per heavy atom. The Kier molecular flexibility index (Phi) is 5.47. The molecule has 0 bridgehead atoms. The molecule has 1 aliphatic carbocycles. The number of aromatic nitrogens is 1. The Balaban J connectivity index is 1.39. The SMILES string of the molecule is C[C@@H]1CN(S(=O)(=O)N2CCNCC2)[C@H](C)C[C@@H]1NC(=O)c1cc(C2CC2)on1. The van der Waals surface area contributed by atoms with Gasteiger partial charge in [0.05, 0.1) is 0 Å². The van der Waals surface area contributed by atoms with Gasteiger partial charge in [0.25, 0.3) is 16.1 Å². The van der Waals surface area contributed by atoms with E-state index in [0.717, 1.165) is 18.6 Å². The van der Waals surface area contributed by atoms with Crippen LogP contribution in [0.25, 0.3) is 0 Å². The molecule has 1 aromatic rings. The number of nitrogens with zero attached hydrogens (tertiary/aromatic N) is 3. The number of piperazine rings is 1. The highest BCUT2D eigenvalue weighted by Gasteiger charge is 2.41. The summed E-state index contributed by atoms with van der Waals surface area (Å²) >= 11 is 0. The second-order valence-corrected chi connectivity index (χ2v) is 10.1. The summed E-state index contributed by atoms with van der Waals surface area (Å²) in [4.78, 5) is 12.6. The Bertz CT molecular complexity index is 816. The van der Waals surface area contributed by atoms with E-state index in [9.17, 15) is 13.2 Å². The van der Waals surface area contributed by atoms with Gasteiger partial charge in [-0.2, -0.15) is 17.0 Å². The van der Waals surface area contributed by atoms with Crippen LogP contribution in [0, 0.1) is 5.92 Å². The maximum Gasteiger partial charge on any atom is 0.282 e. The van der Waals surface area contributed by atoms with Crippen LogP contribution in [-0.2, 0) is 10.2 Å². The summed E-state index contributed by atoms with van der Waals surface area (Å²) in [7, 11) is -3.48. The van der Waals surface area contributed by atoms with Crippen molar-refractivity contribution in [2.75, 3.05) is 32.7 Å². The lowest BCUT2D eigenvalue weighted by atomic mass is 9.91. The average molecular weight is 412 g/mol. The molecule has 2 aliphatic heterocycles. The summed E-state index contributed by atoms with van der Waals surface area (Å²) in [5.41, 5.74) is 0.303. The van der Waals surface area contributed by atoms with E-state index in [0.29, 0.717) is 50.8 Å². The number of rotatable bonds is 5. The summed E-state index contributed by atoms with van der Waals surface area (Å²) in [6, 6.07) is 1.45. The van der Waals surface area contributed by atoms with E-state index in [-0.39, 0.29) is 23.9 Å². The number of amides is 1. The van der Waals surface area contributed by atoms with Gasteiger partial charge in [-0.1, -0.05) is 12.1 Å². The third kappa shape index (κ3) is 3.96. The van der Waals surface area contributed by atoms with Crippen molar-refractivity contribution in [1.29, 1.82) is 0 Å². The van der Waals surface area contributed by atoms with Crippen molar-refractivity contribution in [1.82, 2.24) is 24.4 Å². The average Bonchev–Trinajstić information content (AvgIpc) is 3.41. The Morgan fingerprint density at radius 1 is 1.29 bits per heavy atom. The molecule has 1 amide bonds. The molecule has 9 nitrogen and oxygen atoms in total. The second kappa shape index (κ2) is 7.74. The molecule has 3 heterocycles. The fourth-order valence-corrected chi connectivity index (χ4v) is 5.96. The van der Waals surface area contributed by atoms with E-state index >= 15 is 0 Å². The van der Waals surface area contributed by atoms with Crippen molar-refractivity contribution in [2.24, 2.45) is 5.92 Å². The van der Waals surface area contributed by atoms with Gasteiger partial charge in [0.1, 0.15) is 5.76 Å². The third-order valence-electron chi connectivity index (χ3n) is 6.00. The van der Waals surface area contributed by atoms with E-state index in [2.05, 4.69) is 15.8 Å². The predicted octanol–water partition coefficient (Wildman–Crippen LogP) is 0.531. The van der Waals surface area contributed by atoms with Crippen LogP contribution < -0.4 is 10.6 Å². The molecule has 0 aromatic carbocycles. The molecule has 156 valence electrons. The molecule has 3 atom stereocenters. The zero-order valence-corrected chi connectivity index (χ0v) is 17.2. The molecule has 2 N–H and O–H groups in total. The molecule has 1 saturated carbocycles.